The third-order valence-electron chi connectivity index (χ3n) is 9.99. The minimum Gasteiger partial charge on any atom is -0.495 e. The number of hydrogen-bond donors (Lipinski definition) is 2. The molecule has 3 aliphatic heterocycles. The minimum absolute atomic E-state index is 0.0426. The molecule has 4 bridgehead atoms. The molecule has 2 N–H and O–H groups in total. The maximum Gasteiger partial charge on any atom is 0.409 e. The van der Waals surface area contributed by atoms with Gasteiger partial charge in [-0.1, -0.05) is 49.2 Å². The van der Waals surface area contributed by atoms with Crippen molar-refractivity contribution in [1.82, 2.24) is 10.2 Å². The Bertz CT molecular complexity index is 1530. The molecule has 13 nitrogen and oxygen atoms in total. The lowest BCUT2D eigenvalue weighted by molar-refractivity contribution is -0.162. The summed E-state index contributed by atoms with van der Waals surface area (Å²) in [4.78, 5) is 55.7. The summed E-state index contributed by atoms with van der Waals surface area (Å²) in [6.45, 7) is 8.88. The van der Waals surface area contributed by atoms with Gasteiger partial charge in [0.15, 0.2) is 5.72 Å². The second-order valence-electron chi connectivity index (χ2n) is 13.7. The predicted molar refractivity (Wildman–Crippen MR) is 186 cm³/mol. The van der Waals surface area contributed by atoms with Crippen LogP contribution < -0.4 is 15.0 Å². The van der Waals surface area contributed by atoms with Gasteiger partial charge in [-0.05, 0) is 51.3 Å². The summed E-state index contributed by atoms with van der Waals surface area (Å²) in [6.07, 6.45) is 1.91. The van der Waals surface area contributed by atoms with E-state index in [-0.39, 0.29) is 30.2 Å². The van der Waals surface area contributed by atoms with Gasteiger partial charge in [0, 0.05) is 40.0 Å². The minimum atomic E-state index is -1.82. The van der Waals surface area contributed by atoms with Gasteiger partial charge in [-0.25, -0.2) is 9.59 Å². The van der Waals surface area contributed by atoms with Gasteiger partial charge in [0.25, 0.3) is 0 Å². The van der Waals surface area contributed by atoms with Gasteiger partial charge in [0.1, 0.15) is 40.7 Å². The number of fused-ring (bicyclic) bond motifs is 5. The van der Waals surface area contributed by atoms with Crippen molar-refractivity contribution < 1.29 is 48.0 Å². The number of halogens is 1. The number of rotatable bonds is 7. The number of esters is 1. The summed E-state index contributed by atoms with van der Waals surface area (Å²) in [5.41, 5.74) is -0.868. The van der Waals surface area contributed by atoms with E-state index in [1.807, 2.05) is 19.9 Å². The van der Waals surface area contributed by atoms with Crippen LogP contribution in [-0.4, -0.2) is 104 Å². The zero-order chi connectivity index (χ0) is 37.1. The smallest absolute Gasteiger partial charge is 0.409 e. The SMILES string of the molecule is CCCC(=O)N(C)[C@@H](C)C(=O)O[C@H]1CC(=O)N(C)c2cc(cc(OC)c2Cl)C/C(C)=C/C=C/[C@@H](OC)[C@@]2(O)C[C@H](OC(=O)N2)[C@@H](C)C2O[C@]21C. The molecule has 8 atom stereocenters. The standard InChI is InChI=1S/C36H50ClN3O10/c1-10-12-29(41)39(6)22(4)33(43)49-28-18-30(42)40(7)24-16-23(17-25(46-8)31(24)37)15-20(2)13-11-14-27(47-9)36(45)19-26(48-34(44)38-36)21(3)32-35(28,5)50-32/h11,13-14,16-17,21-22,26-28,32,45H,10,12,15,18-19H2,1-9H3,(H,38,44)/b14-11+,20-13+/t21-,22+,26+,27-,28+,32?,35+,36+/m1/s1. The van der Waals surface area contributed by atoms with Gasteiger partial charge >= 0.3 is 12.1 Å². The number of amides is 3. The van der Waals surface area contributed by atoms with Gasteiger partial charge in [-0.15, -0.1) is 0 Å². The number of anilines is 1. The summed E-state index contributed by atoms with van der Waals surface area (Å²) >= 11 is 6.74. The molecule has 0 spiro atoms. The van der Waals surface area contributed by atoms with E-state index < -0.39 is 65.7 Å². The Kier molecular flexibility index (Phi) is 12.3. The van der Waals surface area contributed by atoms with E-state index >= 15 is 0 Å². The van der Waals surface area contributed by atoms with E-state index in [4.69, 9.17) is 35.3 Å². The van der Waals surface area contributed by atoms with Gasteiger partial charge in [0.2, 0.25) is 11.8 Å². The number of likely N-dealkylation sites (N-methyl/N-ethyl adjacent to an activating group) is 1. The van der Waals surface area contributed by atoms with Crippen molar-refractivity contribution in [3.8, 4) is 5.75 Å². The molecule has 1 aromatic carbocycles. The zero-order valence-corrected chi connectivity index (χ0v) is 31.0. The van der Waals surface area contributed by atoms with Crippen LogP contribution in [0.15, 0.2) is 35.9 Å². The molecule has 1 aromatic rings. The molecule has 3 amide bonds. The number of carbonyl (C=O) groups excluding carboxylic acids is 4. The fraction of sp³-hybridized carbons (Fsp3) is 0.611. The first-order valence-corrected chi connectivity index (χ1v) is 17.2. The van der Waals surface area contributed by atoms with Crippen LogP contribution >= 0.6 is 11.6 Å². The van der Waals surface area contributed by atoms with Crippen molar-refractivity contribution in [1.29, 1.82) is 0 Å². The number of hydrogen-bond acceptors (Lipinski definition) is 10. The molecule has 3 aliphatic rings. The Morgan fingerprint density at radius 1 is 1.26 bits per heavy atom. The molecular weight excluding hydrogens is 670 g/mol. The highest BCUT2D eigenvalue weighted by Crippen LogP contribution is 2.49. The molecule has 0 aromatic heterocycles. The molecule has 1 unspecified atom stereocenters. The van der Waals surface area contributed by atoms with Crippen LogP contribution in [-0.2, 0) is 39.8 Å². The van der Waals surface area contributed by atoms with Gasteiger partial charge < -0.3 is 38.6 Å². The highest BCUT2D eigenvalue weighted by atomic mass is 35.5. The van der Waals surface area contributed by atoms with Crippen LogP contribution in [0.1, 0.15) is 65.9 Å². The van der Waals surface area contributed by atoms with Crippen molar-refractivity contribution in [2.24, 2.45) is 5.92 Å². The number of benzene rings is 1. The molecule has 276 valence electrons. The van der Waals surface area contributed by atoms with Crippen LogP contribution in [0.2, 0.25) is 5.02 Å². The van der Waals surface area contributed by atoms with E-state index in [1.165, 1.54) is 31.1 Å². The first kappa shape index (κ1) is 39.1. The fourth-order valence-electron chi connectivity index (χ4n) is 6.61. The van der Waals surface area contributed by atoms with Crippen molar-refractivity contribution in [3.05, 3.63) is 46.5 Å². The summed E-state index contributed by atoms with van der Waals surface area (Å²) in [5, 5.41) is 14.4. The van der Waals surface area contributed by atoms with Crippen molar-refractivity contribution in [2.75, 3.05) is 33.2 Å². The Labute approximate surface area is 298 Å². The first-order valence-electron chi connectivity index (χ1n) is 16.8. The monoisotopic (exact) mass is 719 g/mol. The summed E-state index contributed by atoms with van der Waals surface area (Å²) in [7, 11) is 6.03. The van der Waals surface area contributed by atoms with Crippen LogP contribution in [0.4, 0.5) is 10.5 Å². The molecule has 4 rings (SSSR count). The lowest BCUT2D eigenvalue weighted by Crippen LogP contribution is -2.63. The van der Waals surface area contributed by atoms with Gasteiger partial charge in [-0.3, -0.25) is 14.9 Å². The van der Waals surface area contributed by atoms with Gasteiger partial charge in [-0.2, -0.15) is 0 Å². The van der Waals surface area contributed by atoms with E-state index in [1.54, 1.807) is 52.1 Å². The Balaban J connectivity index is 1.78. The Hall–Kier alpha value is -3.65. The average Bonchev–Trinajstić information content (AvgIpc) is 3.76. The first-order chi connectivity index (χ1) is 23.5. The number of methoxy groups -OCH3 is 2. The molecule has 0 saturated carbocycles. The van der Waals surface area contributed by atoms with Crippen LogP contribution in [0, 0.1) is 5.92 Å². The third kappa shape index (κ3) is 8.28. The number of allylic oxidation sites excluding steroid dienone is 3. The highest BCUT2D eigenvalue weighted by molar-refractivity contribution is 6.35. The van der Waals surface area contributed by atoms with E-state index in [0.29, 0.717) is 24.3 Å². The number of aliphatic hydroxyl groups is 1. The number of carbonyl (C=O) groups is 4. The normalized spacial score (nSPS) is 32.3. The summed E-state index contributed by atoms with van der Waals surface area (Å²) in [6, 6.07) is 2.65. The molecule has 50 heavy (non-hydrogen) atoms. The lowest BCUT2D eigenvalue weighted by atomic mass is 9.83. The van der Waals surface area contributed by atoms with Crippen molar-refractivity contribution in [3.63, 3.8) is 0 Å². The topological polar surface area (TPSA) is 156 Å². The molecule has 2 fully saturated rings. The molecule has 3 heterocycles. The van der Waals surface area contributed by atoms with Crippen molar-refractivity contribution >= 4 is 41.2 Å². The largest absolute Gasteiger partial charge is 0.495 e. The van der Waals surface area contributed by atoms with E-state index in [9.17, 15) is 24.3 Å². The maximum atomic E-state index is 14.0. The van der Waals surface area contributed by atoms with E-state index in [2.05, 4.69) is 5.32 Å². The molecule has 0 radical (unpaired) electrons. The molecule has 2 saturated heterocycles. The summed E-state index contributed by atoms with van der Waals surface area (Å²) < 4.78 is 29.1. The van der Waals surface area contributed by atoms with Crippen LogP contribution in [0.25, 0.3) is 0 Å². The fourth-order valence-corrected chi connectivity index (χ4v) is 6.92. The number of nitrogens with zero attached hydrogens (tertiary/aromatic N) is 2. The third-order valence-corrected chi connectivity index (χ3v) is 10.4. The average molecular weight is 720 g/mol. The van der Waals surface area contributed by atoms with Crippen molar-refractivity contribution in [2.45, 2.75) is 109 Å². The molecule has 0 aliphatic carbocycles. The van der Waals surface area contributed by atoms with Gasteiger partial charge in [0.05, 0.1) is 25.3 Å². The number of ether oxygens (including phenoxy) is 5. The Morgan fingerprint density at radius 3 is 2.60 bits per heavy atom. The zero-order valence-electron chi connectivity index (χ0n) is 30.3. The lowest BCUT2D eigenvalue weighted by Gasteiger charge is -2.42. The second kappa shape index (κ2) is 15.7. The van der Waals surface area contributed by atoms with E-state index in [0.717, 1.165) is 11.1 Å². The number of epoxide rings is 1. The quantitative estimate of drug-likeness (QED) is 0.308. The Morgan fingerprint density at radius 2 is 1.96 bits per heavy atom. The highest BCUT2D eigenvalue weighted by Gasteiger charge is 2.64. The molecular formula is C36H50ClN3O10. The second-order valence-corrected chi connectivity index (χ2v) is 14.0. The number of alkyl carbamates (subject to hydrolysis) is 1. The molecule has 14 heteroatoms. The predicted octanol–water partition coefficient (Wildman–Crippen LogP) is 4.31. The number of nitrogens with one attached hydrogen (secondary N) is 1. The maximum absolute atomic E-state index is 14.0. The van der Waals surface area contributed by atoms with Crippen LogP contribution in [0.5, 0.6) is 5.75 Å². The summed E-state index contributed by atoms with van der Waals surface area (Å²) in [5.74, 6) is -1.49. The van der Waals surface area contributed by atoms with Crippen LogP contribution in [0.3, 0.4) is 0 Å².